The second-order valence-corrected chi connectivity index (χ2v) is 6.06. The third-order valence-electron chi connectivity index (χ3n) is 3.70. The number of halogens is 1. The number of rotatable bonds is 7. The molecule has 0 unspecified atom stereocenters. The Balaban J connectivity index is 1.50. The summed E-state index contributed by atoms with van der Waals surface area (Å²) in [5, 5.41) is 12.8. The molecule has 0 aliphatic carbocycles. The Kier molecular flexibility index (Phi) is 5.80. The van der Waals surface area contributed by atoms with E-state index in [2.05, 4.69) is 15.4 Å². The molecule has 0 aliphatic heterocycles. The third kappa shape index (κ3) is 4.80. The van der Waals surface area contributed by atoms with Gasteiger partial charge in [-0.05, 0) is 41.6 Å². The number of carbonyl (C=O) groups is 1. The topological polar surface area (TPSA) is 73.1 Å². The van der Waals surface area contributed by atoms with Gasteiger partial charge in [0.15, 0.2) is 0 Å². The lowest BCUT2D eigenvalue weighted by Crippen LogP contribution is -2.34. The van der Waals surface area contributed by atoms with E-state index in [4.69, 9.17) is 16.3 Å². The Morgan fingerprint density at radius 1 is 1.15 bits per heavy atom. The summed E-state index contributed by atoms with van der Waals surface area (Å²) in [5.41, 5.74) is 0.790. The van der Waals surface area contributed by atoms with E-state index in [1.54, 1.807) is 36.2 Å². The number of amides is 1. The van der Waals surface area contributed by atoms with E-state index in [1.165, 1.54) is 4.80 Å². The quantitative estimate of drug-likeness (QED) is 0.638. The van der Waals surface area contributed by atoms with Crippen LogP contribution in [0.2, 0.25) is 5.02 Å². The van der Waals surface area contributed by atoms with Gasteiger partial charge >= 0.3 is 0 Å². The molecule has 134 valence electrons. The second-order valence-electron chi connectivity index (χ2n) is 5.63. The molecule has 7 nitrogen and oxygen atoms in total. The first kappa shape index (κ1) is 17.9. The van der Waals surface area contributed by atoms with Crippen molar-refractivity contribution in [3.63, 3.8) is 0 Å². The average molecular weight is 372 g/mol. The fourth-order valence-corrected chi connectivity index (χ4v) is 2.33. The van der Waals surface area contributed by atoms with Crippen molar-refractivity contribution in [2.24, 2.45) is 0 Å². The summed E-state index contributed by atoms with van der Waals surface area (Å²) in [7, 11) is 1.72. The summed E-state index contributed by atoms with van der Waals surface area (Å²) in [5.74, 6) is 1.10. The van der Waals surface area contributed by atoms with Crippen LogP contribution in [-0.2, 0) is 11.3 Å². The van der Waals surface area contributed by atoms with Crippen LogP contribution in [0.3, 0.4) is 0 Å². The SMILES string of the molecule is CN(CCOc1ccccc1)C(=O)Cn1nnc(-c2ccc(Cl)cc2)n1. The number of para-hydroxylation sites is 1. The molecule has 0 fully saturated rings. The Hall–Kier alpha value is -2.93. The number of tetrazole rings is 1. The van der Waals surface area contributed by atoms with E-state index in [0.29, 0.717) is 24.0 Å². The molecular weight excluding hydrogens is 354 g/mol. The lowest BCUT2D eigenvalue weighted by atomic mass is 10.2. The van der Waals surface area contributed by atoms with Gasteiger partial charge in [0.05, 0.1) is 6.54 Å². The van der Waals surface area contributed by atoms with Gasteiger partial charge in [0.25, 0.3) is 0 Å². The van der Waals surface area contributed by atoms with Gasteiger partial charge in [-0.25, -0.2) is 0 Å². The molecule has 0 aliphatic rings. The summed E-state index contributed by atoms with van der Waals surface area (Å²) >= 11 is 5.87. The first-order chi connectivity index (χ1) is 12.6. The smallest absolute Gasteiger partial charge is 0.246 e. The van der Waals surface area contributed by atoms with E-state index in [1.807, 2.05) is 30.3 Å². The zero-order chi connectivity index (χ0) is 18.4. The van der Waals surface area contributed by atoms with Gasteiger partial charge in [-0.1, -0.05) is 29.8 Å². The van der Waals surface area contributed by atoms with Crippen LogP contribution in [0.25, 0.3) is 11.4 Å². The number of benzene rings is 2. The van der Waals surface area contributed by atoms with Gasteiger partial charge in [-0.3, -0.25) is 4.79 Å². The third-order valence-corrected chi connectivity index (χ3v) is 3.95. The highest BCUT2D eigenvalue weighted by molar-refractivity contribution is 6.30. The van der Waals surface area contributed by atoms with Gasteiger partial charge < -0.3 is 9.64 Å². The molecule has 8 heteroatoms. The van der Waals surface area contributed by atoms with Crippen LogP contribution in [0, 0.1) is 0 Å². The number of hydrogen-bond donors (Lipinski definition) is 0. The summed E-state index contributed by atoms with van der Waals surface area (Å²) in [4.78, 5) is 15.1. The van der Waals surface area contributed by atoms with Crippen molar-refractivity contribution in [3.05, 3.63) is 59.6 Å². The molecule has 0 N–H and O–H groups in total. The molecule has 0 bridgehead atoms. The molecule has 3 aromatic rings. The Labute approximate surface area is 156 Å². The summed E-state index contributed by atoms with van der Waals surface area (Å²) < 4.78 is 5.59. The maximum Gasteiger partial charge on any atom is 0.246 e. The van der Waals surface area contributed by atoms with Crippen LogP contribution in [0.1, 0.15) is 0 Å². The second kappa shape index (κ2) is 8.44. The maximum absolute atomic E-state index is 12.3. The minimum atomic E-state index is -0.123. The number of likely N-dealkylation sites (N-methyl/N-ethyl adjacent to an activating group) is 1. The van der Waals surface area contributed by atoms with Crippen LogP contribution < -0.4 is 4.74 Å². The van der Waals surface area contributed by atoms with Crippen molar-refractivity contribution in [1.29, 1.82) is 0 Å². The van der Waals surface area contributed by atoms with Gasteiger partial charge in [0.1, 0.15) is 18.9 Å². The maximum atomic E-state index is 12.3. The Bertz CT molecular complexity index is 852. The van der Waals surface area contributed by atoms with E-state index in [9.17, 15) is 4.79 Å². The normalized spacial score (nSPS) is 10.5. The highest BCUT2D eigenvalue weighted by Gasteiger charge is 2.13. The highest BCUT2D eigenvalue weighted by Crippen LogP contribution is 2.16. The number of ether oxygens (including phenoxy) is 1. The molecule has 1 aromatic heterocycles. The van der Waals surface area contributed by atoms with Crippen molar-refractivity contribution < 1.29 is 9.53 Å². The van der Waals surface area contributed by atoms with Crippen molar-refractivity contribution in [2.45, 2.75) is 6.54 Å². The van der Waals surface area contributed by atoms with Gasteiger partial charge in [0, 0.05) is 17.6 Å². The van der Waals surface area contributed by atoms with Crippen LogP contribution in [0.4, 0.5) is 0 Å². The molecule has 3 rings (SSSR count). The van der Waals surface area contributed by atoms with E-state index < -0.39 is 0 Å². The monoisotopic (exact) mass is 371 g/mol. The molecule has 0 radical (unpaired) electrons. The van der Waals surface area contributed by atoms with Gasteiger partial charge in [0.2, 0.25) is 11.7 Å². The Morgan fingerprint density at radius 3 is 2.62 bits per heavy atom. The number of nitrogens with zero attached hydrogens (tertiary/aromatic N) is 5. The fourth-order valence-electron chi connectivity index (χ4n) is 2.21. The van der Waals surface area contributed by atoms with Crippen LogP contribution >= 0.6 is 11.6 Å². The fraction of sp³-hybridized carbons (Fsp3) is 0.222. The van der Waals surface area contributed by atoms with Crippen LogP contribution in [-0.4, -0.2) is 51.2 Å². The molecule has 26 heavy (non-hydrogen) atoms. The molecule has 0 atom stereocenters. The molecule has 1 amide bonds. The minimum Gasteiger partial charge on any atom is -0.492 e. The minimum absolute atomic E-state index is 0.0163. The molecule has 0 saturated heterocycles. The molecule has 1 heterocycles. The lowest BCUT2D eigenvalue weighted by Gasteiger charge is -2.16. The predicted octanol–water partition coefficient (Wildman–Crippen LogP) is 2.53. The number of carbonyl (C=O) groups excluding carboxylic acids is 1. The summed E-state index contributed by atoms with van der Waals surface area (Å²) in [6, 6.07) is 16.6. The largest absolute Gasteiger partial charge is 0.492 e. The molecular formula is C18H18ClN5O2. The summed E-state index contributed by atoms with van der Waals surface area (Å²) in [6.07, 6.45) is 0. The van der Waals surface area contributed by atoms with Gasteiger partial charge in [-0.15, -0.1) is 10.2 Å². The zero-order valence-corrected chi connectivity index (χ0v) is 15.0. The molecule has 0 spiro atoms. The number of aromatic nitrogens is 4. The standard InChI is InChI=1S/C18H18ClN5O2/c1-23(11-12-26-16-5-3-2-4-6-16)17(25)13-24-21-18(20-22-24)14-7-9-15(19)10-8-14/h2-10H,11-13H2,1H3. The first-order valence-corrected chi connectivity index (χ1v) is 8.45. The van der Waals surface area contributed by atoms with E-state index in [-0.39, 0.29) is 12.5 Å². The van der Waals surface area contributed by atoms with Crippen molar-refractivity contribution in [1.82, 2.24) is 25.1 Å². The zero-order valence-electron chi connectivity index (χ0n) is 14.2. The van der Waals surface area contributed by atoms with Crippen molar-refractivity contribution in [3.8, 4) is 17.1 Å². The lowest BCUT2D eigenvalue weighted by molar-refractivity contribution is -0.131. The van der Waals surface area contributed by atoms with Crippen LogP contribution in [0.15, 0.2) is 54.6 Å². The molecule has 0 saturated carbocycles. The van der Waals surface area contributed by atoms with Gasteiger partial charge in [-0.2, -0.15) is 4.80 Å². The average Bonchev–Trinajstić information content (AvgIpc) is 3.11. The highest BCUT2D eigenvalue weighted by atomic mass is 35.5. The van der Waals surface area contributed by atoms with Crippen molar-refractivity contribution in [2.75, 3.05) is 20.2 Å². The summed E-state index contributed by atoms with van der Waals surface area (Å²) in [6.45, 7) is 0.891. The first-order valence-electron chi connectivity index (χ1n) is 8.07. The van der Waals surface area contributed by atoms with Crippen LogP contribution in [0.5, 0.6) is 5.75 Å². The van der Waals surface area contributed by atoms with Crippen molar-refractivity contribution >= 4 is 17.5 Å². The molecule has 2 aromatic carbocycles. The van der Waals surface area contributed by atoms with E-state index in [0.717, 1.165) is 11.3 Å². The van der Waals surface area contributed by atoms with E-state index >= 15 is 0 Å². The predicted molar refractivity (Wildman–Crippen MR) is 97.8 cm³/mol. The Morgan fingerprint density at radius 2 is 1.88 bits per heavy atom. The number of hydrogen-bond acceptors (Lipinski definition) is 5.